The number of benzene rings is 2. The number of urea groups is 1. The molecule has 0 aliphatic heterocycles. The zero-order valence-electron chi connectivity index (χ0n) is 11.9. The van der Waals surface area contributed by atoms with Crippen LogP contribution >= 0.6 is 11.6 Å². The lowest BCUT2D eigenvalue weighted by atomic mass is 10.2. The minimum atomic E-state index is -0.557. The lowest BCUT2D eigenvalue weighted by molar-refractivity contribution is 0.0601. The molecule has 0 saturated heterocycles. The molecule has 22 heavy (non-hydrogen) atoms. The Labute approximate surface area is 133 Å². The van der Waals surface area contributed by atoms with Gasteiger partial charge in [0.2, 0.25) is 0 Å². The molecule has 0 atom stereocenters. The average molecular weight is 319 g/mol. The Bertz CT molecular complexity index is 674. The molecule has 6 heteroatoms. The van der Waals surface area contributed by atoms with Crippen molar-refractivity contribution in [3.05, 3.63) is 64.7 Å². The average Bonchev–Trinajstić information content (AvgIpc) is 2.55. The molecule has 2 N–H and O–H groups in total. The van der Waals surface area contributed by atoms with Gasteiger partial charge in [-0.2, -0.15) is 0 Å². The largest absolute Gasteiger partial charge is 0.465 e. The van der Waals surface area contributed by atoms with Crippen molar-refractivity contribution < 1.29 is 14.3 Å². The molecule has 0 heterocycles. The van der Waals surface area contributed by atoms with E-state index in [-0.39, 0.29) is 16.6 Å². The zero-order valence-corrected chi connectivity index (χ0v) is 12.7. The van der Waals surface area contributed by atoms with Gasteiger partial charge in [0.1, 0.15) is 0 Å². The third-order valence-corrected chi connectivity index (χ3v) is 3.26. The minimum Gasteiger partial charge on any atom is -0.465 e. The summed E-state index contributed by atoms with van der Waals surface area (Å²) in [6.07, 6.45) is 0. The summed E-state index contributed by atoms with van der Waals surface area (Å²) in [6.45, 7) is 0.407. The molecule has 0 aromatic heterocycles. The molecule has 114 valence electrons. The van der Waals surface area contributed by atoms with E-state index in [1.807, 2.05) is 30.3 Å². The van der Waals surface area contributed by atoms with E-state index >= 15 is 0 Å². The lowest BCUT2D eigenvalue weighted by Gasteiger charge is -2.09. The number of methoxy groups -OCH3 is 1. The summed E-state index contributed by atoms with van der Waals surface area (Å²) in [5, 5.41) is 5.63. The highest BCUT2D eigenvalue weighted by atomic mass is 35.5. The minimum absolute atomic E-state index is 0.199. The number of ether oxygens (including phenoxy) is 1. The highest BCUT2D eigenvalue weighted by Gasteiger charge is 2.12. The quantitative estimate of drug-likeness (QED) is 0.848. The molecule has 0 fully saturated rings. The molecule has 5 nitrogen and oxygen atoms in total. The van der Waals surface area contributed by atoms with E-state index < -0.39 is 5.97 Å². The molecule has 0 aliphatic carbocycles. The van der Waals surface area contributed by atoms with Crippen LogP contribution in [0.25, 0.3) is 0 Å². The van der Waals surface area contributed by atoms with E-state index in [1.54, 1.807) is 6.07 Å². The third-order valence-electron chi connectivity index (χ3n) is 2.93. The van der Waals surface area contributed by atoms with Crippen LogP contribution in [0.15, 0.2) is 48.5 Å². The van der Waals surface area contributed by atoms with Crippen molar-refractivity contribution in [2.45, 2.75) is 6.54 Å². The van der Waals surface area contributed by atoms with Gasteiger partial charge in [-0.25, -0.2) is 9.59 Å². The number of anilines is 1. The molecule has 2 aromatic rings. The van der Waals surface area contributed by atoms with Crippen LogP contribution in [0.2, 0.25) is 5.02 Å². The predicted molar refractivity (Wildman–Crippen MR) is 85.1 cm³/mol. The lowest BCUT2D eigenvalue weighted by Crippen LogP contribution is -2.28. The highest BCUT2D eigenvalue weighted by Crippen LogP contribution is 2.21. The molecule has 0 aliphatic rings. The number of carbonyl (C=O) groups excluding carboxylic acids is 2. The van der Waals surface area contributed by atoms with E-state index in [0.29, 0.717) is 12.2 Å². The molecule has 0 saturated carbocycles. The van der Waals surface area contributed by atoms with Crippen molar-refractivity contribution in [2.75, 3.05) is 12.4 Å². The molecule has 0 bridgehead atoms. The maximum atomic E-state index is 11.9. The highest BCUT2D eigenvalue weighted by molar-refractivity contribution is 6.33. The Morgan fingerprint density at radius 1 is 1.14 bits per heavy atom. The maximum Gasteiger partial charge on any atom is 0.339 e. The summed E-state index contributed by atoms with van der Waals surface area (Å²) in [6, 6.07) is 13.8. The number of carbonyl (C=O) groups is 2. The number of hydrogen-bond donors (Lipinski definition) is 2. The van der Waals surface area contributed by atoms with Crippen molar-refractivity contribution in [3.63, 3.8) is 0 Å². The predicted octanol–water partition coefficient (Wildman–Crippen LogP) is 3.45. The first-order valence-electron chi connectivity index (χ1n) is 6.57. The Balaban J connectivity index is 1.98. The summed E-state index contributed by atoms with van der Waals surface area (Å²) in [5.41, 5.74) is 1.64. The van der Waals surface area contributed by atoms with Crippen LogP contribution in [-0.2, 0) is 11.3 Å². The first kappa shape index (κ1) is 15.9. The van der Waals surface area contributed by atoms with Crippen LogP contribution in [0.1, 0.15) is 15.9 Å². The molecule has 0 unspecified atom stereocenters. The maximum absolute atomic E-state index is 11.9. The third kappa shape index (κ3) is 4.23. The van der Waals surface area contributed by atoms with Gasteiger partial charge in [0.15, 0.2) is 0 Å². The molecule has 2 aromatic carbocycles. The van der Waals surface area contributed by atoms with Gasteiger partial charge in [-0.1, -0.05) is 41.9 Å². The van der Waals surface area contributed by atoms with Crippen molar-refractivity contribution in [2.24, 2.45) is 0 Å². The molecule has 0 radical (unpaired) electrons. The van der Waals surface area contributed by atoms with Crippen molar-refractivity contribution >= 4 is 29.3 Å². The summed E-state index contributed by atoms with van der Waals surface area (Å²) < 4.78 is 4.63. The van der Waals surface area contributed by atoms with Gasteiger partial charge in [0.05, 0.1) is 17.7 Å². The molecule has 2 rings (SSSR count). The van der Waals surface area contributed by atoms with Gasteiger partial charge in [-0.15, -0.1) is 0 Å². The molecule has 0 spiro atoms. The Morgan fingerprint density at radius 2 is 1.86 bits per heavy atom. The molecular weight excluding hydrogens is 304 g/mol. The fourth-order valence-electron chi connectivity index (χ4n) is 1.82. The van der Waals surface area contributed by atoms with Crippen molar-refractivity contribution in [1.29, 1.82) is 0 Å². The zero-order chi connectivity index (χ0) is 15.9. The first-order chi connectivity index (χ1) is 10.6. The number of amides is 2. The Hall–Kier alpha value is -2.53. The van der Waals surface area contributed by atoms with Crippen molar-refractivity contribution in [1.82, 2.24) is 5.32 Å². The van der Waals surface area contributed by atoms with Gasteiger partial charge < -0.3 is 15.4 Å². The summed E-state index contributed by atoms with van der Waals surface area (Å²) in [7, 11) is 1.27. The standard InChI is InChI=1S/C16H15ClN2O3/c1-22-15(20)13-9-12(7-8-14(13)17)19-16(21)18-10-11-5-3-2-4-6-11/h2-9H,10H2,1H3,(H2,18,19,21). The van der Waals surface area contributed by atoms with Crippen LogP contribution in [-0.4, -0.2) is 19.1 Å². The smallest absolute Gasteiger partial charge is 0.339 e. The second-order valence-corrected chi connectivity index (χ2v) is 4.89. The van der Waals surface area contributed by atoms with Crippen LogP contribution < -0.4 is 10.6 Å². The number of hydrogen-bond acceptors (Lipinski definition) is 3. The van der Waals surface area contributed by atoms with E-state index in [4.69, 9.17) is 11.6 Å². The SMILES string of the molecule is COC(=O)c1cc(NC(=O)NCc2ccccc2)ccc1Cl. The monoisotopic (exact) mass is 318 g/mol. The van der Waals surface area contributed by atoms with Crippen LogP contribution in [0.3, 0.4) is 0 Å². The summed E-state index contributed by atoms with van der Waals surface area (Å²) in [4.78, 5) is 23.4. The summed E-state index contributed by atoms with van der Waals surface area (Å²) in [5.74, 6) is -0.557. The second kappa shape index (κ2) is 7.47. The van der Waals surface area contributed by atoms with Crippen molar-refractivity contribution in [3.8, 4) is 0 Å². The number of esters is 1. The molecule has 2 amide bonds. The molecular formula is C16H15ClN2O3. The van der Waals surface area contributed by atoms with Crippen LogP contribution in [0.4, 0.5) is 10.5 Å². The van der Waals surface area contributed by atoms with Gasteiger partial charge in [-0.05, 0) is 23.8 Å². The van der Waals surface area contributed by atoms with Gasteiger partial charge in [0.25, 0.3) is 0 Å². The van der Waals surface area contributed by atoms with Gasteiger partial charge in [0, 0.05) is 12.2 Å². The van der Waals surface area contributed by atoms with E-state index in [0.717, 1.165) is 5.56 Å². The number of rotatable bonds is 4. The number of halogens is 1. The van der Waals surface area contributed by atoms with Crippen LogP contribution in [0, 0.1) is 0 Å². The van der Waals surface area contributed by atoms with E-state index in [9.17, 15) is 9.59 Å². The second-order valence-electron chi connectivity index (χ2n) is 4.48. The Kier molecular flexibility index (Phi) is 5.38. The first-order valence-corrected chi connectivity index (χ1v) is 6.94. The van der Waals surface area contributed by atoms with Gasteiger partial charge >= 0.3 is 12.0 Å². The fourth-order valence-corrected chi connectivity index (χ4v) is 2.02. The van der Waals surface area contributed by atoms with E-state index in [2.05, 4.69) is 15.4 Å². The normalized spacial score (nSPS) is 9.91. The van der Waals surface area contributed by atoms with E-state index in [1.165, 1.54) is 19.2 Å². The number of nitrogens with one attached hydrogen (secondary N) is 2. The fraction of sp³-hybridized carbons (Fsp3) is 0.125. The van der Waals surface area contributed by atoms with Gasteiger partial charge in [-0.3, -0.25) is 0 Å². The van der Waals surface area contributed by atoms with Crippen LogP contribution in [0.5, 0.6) is 0 Å². The topological polar surface area (TPSA) is 67.4 Å². The summed E-state index contributed by atoms with van der Waals surface area (Å²) >= 11 is 5.92. The Morgan fingerprint density at radius 3 is 2.55 bits per heavy atom.